The molecule has 0 spiro atoms. The first-order valence-corrected chi connectivity index (χ1v) is 4.81. The highest BCUT2D eigenvalue weighted by Gasteiger charge is 2.38. The highest BCUT2D eigenvalue weighted by molar-refractivity contribution is 5.91. The van der Waals surface area contributed by atoms with Gasteiger partial charge in [-0.1, -0.05) is 5.57 Å². The van der Waals surface area contributed by atoms with E-state index in [0.717, 1.165) is 18.4 Å². The summed E-state index contributed by atoms with van der Waals surface area (Å²) >= 11 is 0. The van der Waals surface area contributed by atoms with Crippen LogP contribution in [0.1, 0.15) is 39.5 Å². The fraction of sp³-hybridized carbons (Fsp3) is 0.727. The van der Waals surface area contributed by atoms with E-state index in [9.17, 15) is 4.79 Å². The SMILES string of the molecule is COC1(CC(=O)C=C(C)C)CCC1. The lowest BCUT2D eigenvalue weighted by Crippen LogP contribution is -2.40. The summed E-state index contributed by atoms with van der Waals surface area (Å²) in [6.07, 6.45) is 5.52. The maximum absolute atomic E-state index is 11.5. The second kappa shape index (κ2) is 4.05. The van der Waals surface area contributed by atoms with Crippen molar-refractivity contribution in [1.82, 2.24) is 0 Å². The van der Waals surface area contributed by atoms with Crippen LogP contribution in [0.2, 0.25) is 0 Å². The number of methoxy groups -OCH3 is 1. The zero-order valence-electron chi connectivity index (χ0n) is 8.72. The van der Waals surface area contributed by atoms with Crippen molar-refractivity contribution < 1.29 is 9.53 Å². The van der Waals surface area contributed by atoms with Crippen LogP contribution in [0.3, 0.4) is 0 Å². The van der Waals surface area contributed by atoms with Gasteiger partial charge in [-0.2, -0.15) is 0 Å². The van der Waals surface area contributed by atoms with Crippen molar-refractivity contribution in [1.29, 1.82) is 0 Å². The summed E-state index contributed by atoms with van der Waals surface area (Å²) < 4.78 is 5.38. The molecule has 74 valence electrons. The minimum atomic E-state index is -0.122. The third-order valence-electron chi connectivity index (χ3n) is 2.64. The molecule has 2 nitrogen and oxygen atoms in total. The molecule has 0 aromatic rings. The molecule has 2 heteroatoms. The van der Waals surface area contributed by atoms with E-state index in [0.29, 0.717) is 6.42 Å². The van der Waals surface area contributed by atoms with E-state index in [4.69, 9.17) is 4.74 Å². The Bertz CT molecular complexity index is 215. The lowest BCUT2D eigenvalue weighted by Gasteiger charge is -2.39. The van der Waals surface area contributed by atoms with Crippen LogP contribution in [0.25, 0.3) is 0 Å². The molecule has 0 aromatic heterocycles. The largest absolute Gasteiger partial charge is 0.378 e. The predicted molar refractivity (Wildman–Crippen MR) is 52.6 cm³/mol. The molecule has 1 aliphatic rings. The van der Waals surface area contributed by atoms with Gasteiger partial charge in [-0.05, 0) is 39.2 Å². The first-order chi connectivity index (χ1) is 6.08. The molecule has 0 radical (unpaired) electrons. The molecule has 1 fully saturated rings. The zero-order chi connectivity index (χ0) is 9.90. The van der Waals surface area contributed by atoms with Crippen molar-refractivity contribution >= 4 is 5.78 Å². The molecular formula is C11H18O2. The summed E-state index contributed by atoms with van der Waals surface area (Å²) in [6, 6.07) is 0. The van der Waals surface area contributed by atoms with Crippen LogP contribution in [-0.2, 0) is 9.53 Å². The number of ether oxygens (including phenoxy) is 1. The van der Waals surface area contributed by atoms with Crippen LogP contribution >= 0.6 is 0 Å². The van der Waals surface area contributed by atoms with Gasteiger partial charge in [0.15, 0.2) is 5.78 Å². The molecule has 0 atom stereocenters. The van der Waals surface area contributed by atoms with Crippen molar-refractivity contribution in [3.63, 3.8) is 0 Å². The van der Waals surface area contributed by atoms with Gasteiger partial charge < -0.3 is 4.74 Å². The molecule has 0 saturated heterocycles. The summed E-state index contributed by atoms with van der Waals surface area (Å²) in [4.78, 5) is 11.5. The van der Waals surface area contributed by atoms with E-state index in [1.54, 1.807) is 13.2 Å². The normalized spacial score (nSPS) is 19.0. The molecule has 13 heavy (non-hydrogen) atoms. The monoisotopic (exact) mass is 182 g/mol. The Labute approximate surface area is 80.0 Å². The molecule has 0 amide bonds. The van der Waals surface area contributed by atoms with E-state index in [1.807, 2.05) is 13.8 Å². The molecule has 0 bridgehead atoms. The Morgan fingerprint density at radius 3 is 2.38 bits per heavy atom. The number of allylic oxidation sites excluding steroid dienone is 2. The van der Waals surface area contributed by atoms with E-state index >= 15 is 0 Å². The lowest BCUT2D eigenvalue weighted by atomic mass is 9.76. The number of hydrogen-bond acceptors (Lipinski definition) is 2. The summed E-state index contributed by atoms with van der Waals surface area (Å²) in [5.74, 6) is 0.196. The Morgan fingerprint density at radius 1 is 1.46 bits per heavy atom. The Balaban J connectivity index is 2.47. The third-order valence-corrected chi connectivity index (χ3v) is 2.64. The van der Waals surface area contributed by atoms with Crippen LogP contribution in [0.4, 0.5) is 0 Å². The highest BCUT2D eigenvalue weighted by Crippen LogP contribution is 2.38. The minimum absolute atomic E-state index is 0.122. The first kappa shape index (κ1) is 10.5. The smallest absolute Gasteiger partial charge is 0.158 e. The van der Waals surface area contributed by atoms with Gasteiger partial charge in [0.2, 0.25) is 0 Å². The molecule has 1 saturated carbocycles. The van der Waals surface area contributed by atoms with E-state index in [-0.39, 0.29) is 11.4 Å². The van der Waals surface area contributed by atoms with Crippen molar-refractivity contribution in [2.45, 2.75) is 45.1 Å². The summed E-state index contributed by atoms with van der Waals surface area (Å²) in [6.45, 7) is 3.89. The maximum atomic E-state index is 11.5. The van der Waals surface area contributed by atoms with Crippen molar-refractivity contribution in [3.05, 3.63) is 11.6 Å². The average molecular weight is 182 g/mol. The summed E-state index contributed by atoms with van der Waals surface area (Å²) in [5.41, 5.74) is 0.943. The Morgan fingerprint density at radius 2 is 2.08 bits per heavy atom. The highest BCUT2D eigenvalue weighted by atomic mass is 16.5. The Kier molecular flexibility index (Phi) is 3.26. The van der Waals surface area contributed by atoms with E-state index < -0.39 is 0 Å². The van der Waals surface area contributed by atoms with Gasteiger partial charge in [0.1, 0.15) is 0 Å². The number of hydrogen-bond donors (Lipinski definition) is 0. The van der Waals surface area contributed by atoms with Crippen LogP contribution in [0.5, 0.6) is 0 Å². The van der Waals surface area contributed by atoms with Gasteiger partial charge in [0.25, 0.3) is 0 Å². The summed E-state index contributed by atoms with van der Waals surface area (Å²) in [5, 5.41) is 0. The van der Waals surface area contributed by atoms with E-state index in [2.05, 4.69) is 0 Å². The summed E-state index contributed by atoms with van der Waals surface area (Å²) in [7, 11) is 1.70. The van der Waals surface area contributed by atoms with E-state index in [1.165, 1.54) is 6.42 Å². The topological polar surface area (TPSA) is 26.3 Å². The number of ketones is 1. The van der Waals surface area contributed by atoms with Crippen molar-refractivity contribution in [3.8, 4) is 0 Å². The average Bonchev–Trinajstić information content (AvgIpc) is 1.95. The third kappa shape index (κ3) is 2.66. The van der Waals surface area contributed by atoms with Crippen LogP contribution in [-0.4, -0.2) is 18.5 Å². The molecule has 1 rings (SSSR count). The van der Waals surface area contributed by atoms with Crippen LogP contribution in [0.15, 0.2) is 11.6 Å². The zero-order valence-corrected chi connectivity index (χ0v) is 8.72. The van der Waals surface area contributed by atoms with Gasteiger partial charge in [-0.25, -0.2) is 0 Å². The van der Waals surface area contributed by atoms with Crippen molar-refractivity contribution in [2.75, 3.05) is 7.11 Å². The van der Waals surface area contributed by atoms with Crippen LogP contribution < -0.4 is 0 Å². The molecule has 0 aliphatic heterocycles. The predicted octanol–water partition coefficient (Wildman–Crippen LogP) is 2.48. The quantitative estimate of drug-likeness (QED) is 0.624. The standard InChI is InChI=1S/C11H18O2/c1-9(2)7-10(12)8-11(13-3)5-4-6-11/h7H,4-6,8H2,1-3H3. The van der Waals surface area contributed by atoms with Crippen molar-refractivity contribution in [2.24, 2.45) is 0 Å². The fourth-order valence-corrected chi connectivity index (χ4v) is 1.71. The number of carbonyl (C=O) groups excluding carboxylic acids is 1. The molecule has 0 N–H and O–H groups in total. The first-order valence-electron chi connectivity index (χ1n) is 4.81. The molecule has 1 aliphatic carbocycles. The minimum Gasteiger partial charge on any atom is -0.378 e. The van der Waals surface area contributed by atoms with Gasteiger partial charge in [-0.3, -0.25) is 4.79 Å². The van der Waals surface area contributed by atoms with Gasteiger partial charge >= 0.3 is 0 Å². The molecular weight excluding hydrogens is 164 g/mol. The van der Waals surface area contributed by atoms with Gasteiger partial charge in [0.05, 0.1) is 5.60 Å². The number of carbonyl (C=O) groups is 1. The molecule has 0 heterocycles. The Hall–Kier alpha value is -0.630. The van der Waals surface area contributed by atoms with Crippen LogP contribution in [0, 0.1) is 0 Å². The second-order valence-electron chi connectivity index (χ2n) is 4.11. The fourth-order valence-electron chi connectivity index (χ4n) is 1.71. The van der Waals surface area contributed by atoms with Gasteiger partial charge in [0, 0.05) is 13.5 Å². The van der Waals surface area contributed by atoms with Gasteiger partial charge in [-0.15, -0.1) is 0 Å². The molecule has 0 unspecified atom stereocenters. The number of rotatable bonds is 4. The lowest BCUT2D eigenvalue weighted by molar-refractivity contribution is -0.127. The molecule has 0 aromatic carbocycles. The maximum Gasteiger partial charge on any atom is 0.158 e. The second-order valence-corrected chi connectivity index (χ2v) is 4.11.